The lowest BCUT2D eigenvalue weighted by molar-refractivity contribution is -0.124. The van der Waals surface area contributed by atoms with Gasteiger partial charge in [0.25, 0.3) is 5.91 Å². The fourth-order valence-corrected chi connectivity index (χ4v) is 3.38. The van der Waals surface area contributed by atoms with Gasteiger partial charge in [0.15, 0.2) is 11.9 Å². The zero-order valence-electron chi connectivity index (χ0n) is 18.0. The molecule has 164 valence electrons. The van der Waals surface area contributed by atoms with Crippen molar-refractivity contribution >= 4 is 17.4 Å². The molecule has 0 aliphatic heterocycles. The van der Waals surface area contributed by atoms with E-state index in [1.165, 1.54) is 11.0 Å². The molecule has 0 saturated carbocycles. The molecule has 0 heterocycles. The van der Waals surface area contributed by atoms with Crippen molar-refractivity contribution in [1.82, 2.24) is 10.2 Å². The molecule has 4 N–H and O–H groups in total. The molecular weight excluding hydrogens is 398 g/mol. The number of phenolic OH excluding ortho intramolecular Hbond substituents is 1. The molecule has 1 amide bonds. The fraction of sp³-hybridized carbons (Fsp3) is 0.304. The topological polar surface area (TPSA) is 111 Å². The molecule has 1 aliphatic rings. The van der Waals surface area contributed by atoms with E-state index in [1.54, 1.807) is 33.3 Å². The van der Waals surface area contributed by atoms with E-state index < -0.39 is 11.9 Å². The molecule has 2 aromatic carbocycles. The first-order valence-corrected chi connectivity index (χ1v) is 9.96. The zero-order valence-corrected chi connectivity index (χ0v) is 18.0. The van der Waals surface area contributed by atoms with E-state index in [1.807, 2.05) is 31.2 Å². The Labute approximate surface area is 181 Å². The second-order valence-electron chi connectivity index (χ2n) is 7.46. The molecule has 0 radical (unpaired) electrons. The molecule has 0 spiro atoms. The summed E-state index contributed by atoms with van der Waals surface area (Å²) < 4.78 is 5.19. The molecule has 2 unspecified atom stereocenters. The van der Waals surface area contributed by atoms with Gasteiger partial charge in [-0.25, -0.2) is 0 Å². The number of para-hydroxylation sites is 1. The number of carbonyl (C=O) groups excluding carboxylic acids is 2. The number of amides is 1. The Bertz CT molecular complexity index is 1010. The van der Waals surface area contributed by atoms with Gasteiger partial charge in [-0.2, -0.15) is 0 Å². The van der Waals surface area contributed by atoms with E-state index in [-0.39, 0.29) is 34.6 Å². The highest BCUT2D eigenvalue weighted by molar-refractivity contribution is 6.11. The number of phenols is 1. The molecule has 8 nitrogen and oxygen atoms in total. The van der Waals surface area contributed by atoms with Crippen molar-refractivity contribution in [2.24, 2.45) is 0 Å². The summed E-state index contributed by atoms with van der Waals surface area (Å²) in [4.78, 5) is 25.9. The monoisotopic (exact) mass is 425 g/mol. The van der Waals surface area contributed by atoms with Gasteiger partial charge in [-0.3, -0.25) is 9.59 Å². The highest BCUT2D eigenvalue weighted by atomic mass is 16.5. The number of benzene rings is 2. The Balaban J connectivity index is 1.87. The summed E-state index contributed by atoms with van der Waals surface area (Å²) >= 11 is 0. The first-order valence-electron chi connectivity index (χ1n) is 9.96. The highest BCUT2D eigenvalue weighted by Crippen LogP contribution is 2.34. The number of anilines is 1. The summed E-state index contributed by atoms with van der Waals surface area (Å²) in [6.07, 6.45) is -0.564. The number of carbonyl (C=O) groups is 2. The minimum absolute atomic E-state index is 0.113. The maximum absolute atomic E-state index is 12.3. The Morgan fingerprint density at radius 3 is 2.45 bits per heavy atom. The maximum Gasteiger partial charge on any atom is 0.257 e. The van der Waals surface area contributed by atoms with Gasteiger partial charge in [0, 0.05) is 14.1 Å². The lowest BCUT2D eigenvalue weighted by atomic mass is 9.92. The largest absolute Gasteiger partial charge is 0.505 e. The number of nitrogens with zero attached hydrogens (tertiary/aromatic N) is 1. The number of rotatable bonds is 8. The molecular formula is C23H27N3O5. The number of methoxy groups -OCH3 is 1. The molecule has 3 rings (SSSR count). The zero-order chi connectivity index (χ0) is 22.7. The number of aromatic hydroxyl groups is 1. The molecule has 8 heteroatoms. The smallest absolute Gasteiger partial charge is 0.257 e. The van der Waals surface area contributed by atoms with Crippen LogP contribution in [0.4, 0.5) is 5.69 Å². The Morgan fingerprint density at radius 2 is 1.87 bits per heavy atom. The SMILES string of the molecule is CCC(NC1=C(Nc2cccc(C(=O)N(C)C)c2O)C(=O)C1O)c1ccc(OC)cc1. The molecule has 2 aromatic rings. The van der Waals surface area contributed by atoms with E-state index in [0.29, 0.717) is 12.1 Å². The van der Waals surface area contributed by atoms with Crippen LogP contribution in [0.25, 0.3) is 0 Å². The number of ketones is 1. The van der Waals surface area contributed by atoms with Gasteiger partial charge in [-0.1, -0.05) is 25.1 Å². The number of hydrogen-bond donors (Lipinski definition) is 4. The van der Waals surface area contributed by atoms with E-state index >= 15 is 0 Å². The standard InChI is InChI=1S/C23H27N3O5/c1-5-16(13-9-11-14(31-4)12-10-13)24-18-19(22(29)21(18)28)25-17-8-6-7-15(20(17)27)23(30)26(2)3/h6-12,16,21,24-25,27-28H,5H2,1-4H3. The van der Waals surface area contributed by atoms with Gasteiger partial charge >= 0.3 is 0 Å². The average molecular weight is 425 g/mol. The van der Waals surface area contributed by atoms with Crippen molar-refractivity contribution in [2.45, 2.75) is 25.5 Å². The lowest BCUT2D eigenvalue weighted by Gasteiger charge is -2.33. The Morgan fingerprint density at radius 1 is 1.19 bits per heavy atom. The third kappa shape index (κ3) is 4.34. The lowest BCUT2D eigenvalue weighted by Crippen LogP contribution is -2.46. The summed E-state index contributed by atoms with van der Waals surface area (Å²) in [7, 11) is 4.77. The Hall–Kier alpha value is -3.52. The van der Waals surface area contributed by atoms with Crippen LogP contribution < -0.4 is 15.4 Å². The van der Waals surface area contributed by atoms with Gasteiger partial charge in [-0.05, 0) is 36.2 Å². The molecule has 2 atom stereocenters. The van der Waals surface area contributed by atoms with Crippen molar-refractivity contribution in [3.8, 4) is 11.5 Å². The van der Waals surface area contributed by atoms with Crippen molar-refractivity contribution < 1.29 is 24.5 Å². The van der Waals surface area contributed by atoms with Gasteiger partial charge in [0.1, 0.15) is 11.4 Å². The Kier molecular flexibility index (Phi) is 6.50. The van der Waals surface area contributed by atoms with Crippen LogP contribution in [0.2, 0.25) is 0 Å². The minimum Gasteiger partial charge on any atom is -0.505 e. The predicted molar refractivity (Wildman–Crippen MR) is 117 cm³/mol. The van der Waals surface area contributed by atoms with E-state index in [0.717, 1.165) is 11.3 Å². The van der Waals surface area contributed by atoms with E-state index in [2.05, 4.69) is 10.6 Å². The number of ether oxygens (including phenoxy) is 1. The first kappa shape index (κ1) is 22.2. The molecule has 0 bridgehead atoms. The second-order valence-corrected chi connectivity index (χ2v) is 7.46. The third-order valence-electron chi connectivity index (χ3n) is 5.23. The second kappa shape index (κ2) is 9.09. The number of aliphatic hydroxyl groups excluding tert-OH is 1. The summed E-state index contributed by atoms with van der Waals surface area (Å²) in [6, 6.07) is 12.1. The predicted octanol–water partition coefficient (Wildman–Crippen LogP) is 2.41. The summed E-state index contributed by atoms with van der Waals surface area (Å²) in [5, 5.41) is 26.9. The van der Waals surface area contributed by atoms with Crippen molar-refractivity contribution in [3.63, 3.8) is 0 Å². The molecule has 0 aromatic heterocycles. The van der Waals surface area contributed by atoms with Gasteiger partial charge in [0.05, 0.1) is 30.1 Å². The van der Waals surface area contributed by atoms with Crippen LogP contribution in [0.5, 0.6) is 11.5 Å². The van der Waals surface area contributed by atoms with Crippen LogP contribution in [-0.2, 0) is 4.79 Å². The summed E-state index contributed by atoms with van der Waals surface area (Å²) in [5.74, 6) is -0.374. The highest BCUT2D eigenvalue weighted by Gasteiger charge is 2.39. The van der Waals surface area contributed by atoms with Crippen LogP contribution in [-0.4, -0.2) is 54.1 Å². The van der Waals surface area contributed by atoms with Crippen LogP contribution in [0.15, 0.2) is 53.9 Å². The minimum atomic E-state index is -1.27. The summed E-state index contributed by atoms with van der Waals surface area (Å²) in [6.45, 7) is 1.99. The third-order valence-corrected chi connectivity index (χ3v) is 5.23. The first-order chi connectivity index (χ1) is 14.8. The van der Waals surface area contributed by atoms with Crippen LogP contribution in [0.1, 0.15) is 35.3 Å². The molecule has 0 saturated heterocycles. The normalized spacial score (nSPS) is 16.4. The fourth-order valence-electron chi connectivity index (χ4n) is 3.38. The van der Waals surface area contributed by atoms with Crippen molar-refractivity contribution in [3.05, 3.63) is 65.0 Å². The van der Waals surface area contributed by atoms with Crippen molar-refractivity contribution in [1.29, 1.82) is 0 Å². The number of aliphatic hydroxyl groups is 1. The van der Waals surface area contributed by atoms with E-state index in [9.17, 15) is 19.8 Å². The van der Waals surface area contributed by atoms with Crippen LogP contribution >= 0.6 is 0 Å². The quantitative estimate of drug-likeness (QED) is 0.481. The number of Topliss-reactive ketones (excluding diaryl/α,β-unsaturated/α-hetero) is 1. The molecule has 0 fully saturated rings. The average Bonchev–Trinajstić information content (AvgIpc) is 2.79. The van der Waals surface area contributed by atoms with Gasteiger partial charge in [-0.15, -0.1) is 0 Å². The van der Waals surface area contributed by atoms with Crippen molar-refractivity contribution in [2.75, 3.05) is 26.5 Å². The van der Waals surface area contributed by atoms with Crippen LogP contribution in [0.3, 0.4) is 0 Å². The maximum atomic E-state index is 12.3. The number of hydrogen-bond acceptors (Lipinski definition) is 7. The van der Waals surface area contributed by atoms with Crippen LogP contribution in [0, 0.1) is 0 Å². The summed E-state index contributed by atoms with van der Waals surface area (Å²) in [5.41, 5.74) is 1.80. The van der Waals surface area contributed by atoms with Gasteiger partial charge in [0.2, 0.25) is 5.78 Å². The number of nitrogens with one attached hydrogen (secondary N) is 2. The van der Waals surface area contributed by atoms with Gasteiger partial charge < -0.3 is 30.5 Å². The van der Waals surface area contributed by atoms with E-state index in [4.69, 9.17) is 4.74 Å². The molecule has 31 heavy (non-hydrogen) atoms. The molecule has 1 aliphatic carbocycles.